The smallest absolute Gasteiger partial charge is 0.156 e. The molecule has 0 N–H and O–H groups in total. The standard InChI is InChI=1S/C10H7ClN2/c11-6-2-1-4-9-5-3-7-13-10(9)8-12/h3,5,7H,2,6H2. The lowest BCUT2D eigenvalue weighted by Crippen LogP contribution is -1.86. The van der Waals surface area contributed by atoms with E-state index in [9.17, 15) is 0 Å². The number of hydrogen-bond acceptors (Lipinski definition) is 2. The molecule has 0 fully saturated rings. The van der Waals surface area contributed by atoms with E-state index in [-0.39, 0.29) is 0 Å². The molecule has 0 amide bonds. The molecule has 64 valence electrons. The average molecular weight is 191 g/mol. The summed E-state index contributed by atoms with van der Waals surface area (Å²) in [6.07, 6.45) is 2.20. The van der Waals surface area contributed by atoms with Crippen molar-refractivity contribution in [1.29, 1.82) is 5.26 Å². The third-order valence-electron chi connectivity index (χ3n) is 1.36. The first-order chi connectivity index (χ1) is 6.38. The molecular weight excluding hydrogens is 184 g/mol. The topological polar surface area (TPSA) is 36.7 Å². The second-order valence-electron chi connectivity index (χ2n) is 2.25. The third kappa shape index (κ3) is 2.78. The predicted octanol–water partition coefficient (Wildman–Crippen LogP) is 1.93. The molecule has 0 bridgehead atoms. The van der Waals surface area contributed by atoms with Crippen molar-refractivity contribution in [2.75, 3.05) is 5.88 Å². The van der Waals surface area contributed by atoms with Crippen molar-refractivity contribution in [1.82, 2.24) is 4.98 Å². The van der Waals surface area contributed by atoms with Gasteiger partial charge in [-0.3, -0.25) is 0 Å². The number of halogens is 1. The fraction of sp³-hybridized carbons (Fsp3) is 0.200. The summed E-state index contributed by atoms with van der Waals surface area (Å²) in [7, 11) is 0. The summed E-state index contributed by atoms with van der Waals surface area (Å²) in [6, 6.07) is 5.50. The fourth-order valence-electron chi connectivity index (χ4n) is 0.800. The maximum atomic E-state index is 8.67. The third-order valence-corrected chi connectivity index (χ3v) is 1.55. The minimum Gasteiger partial charge on any atom is -0.244 e. The maximum Gasteiger partial charge on any atom is 0.156 e. The van der Waals surface area contributed by atoms with Crippen molar-refractivity contribution in [3.63, 3.8) is 0 Å². The molecule has 0 aliphatic carbocycles. The van der Waals surface area contributed by atoms with Crippen LogP contribution < -0.4 is 0 Å². The Balaban J connectivity index is 2.91. The van der Waals surface area contributed by atoms with Gasteiger partial charge in [-0.2, -0.15) is 5.26 Å². The lowest BCUT2D eigenvalue weighted by atomic mass is 10.2. The Morgan fingerprint density at radius 1 is 1.54 bits per heavy atom. The van der Waals surface area contributed by atoms with Gasteiger partial charge in [-0.1, -0.05) is 11.8 Å². The number of hydrogen-bond donors (Lipinski definition) is 0. The molecule has 0 saturated heterocycles. The van der Waals surface area contributed by atoms with Crippen LogP contribution in [0.2, 0.25) is 0 Å². The molecule has 2 nitrogen and oxygen atoms in total. The van der Waals surface area contributed by atoms with Crippen molar-refractivity contribution >= 4 is 11.6 Å². The Labute approximate surface area is 82.2 Å². The lowest BCUT2D eigenvalue weighted by Gasteiger charge is -1.90. The highest BCUT2D eigenvalue weighted by molar-refractivity contribution is 6.18. The summed E-state index contributed by atoms with van der Waals surface area (Å²) in [6.45, 7) is 0. The summed E-state index contributed by atoms with van der Waals surface area (Å²) in [5.41, 5.74) is 1.03. The van der Waals surface area contributed by atoms with Crippen molar-refractivity contribution in [3.05, 3.63) is 29.6 Å². The Kier molecular flexibility index (Phi) is 3.82. The fourth-order valence-corrected chi connectivity index (χ4v) is 0.895. The molecule has 0 aliphatic heterocycles. The van der Waals surface area contributed by atoms with Crippen LogP contribution in [-0.2, 0) is 0 Å². The number of pyridine rings is 1. The van der Waals surface area contributed by atoms with Crippen LogP contribution in [-0.4, -0.2) is 10.9 Å². The summed E-state index contributed by atoms with van der Waals surface area (Å²) in [5.74, 6) is 6.21. The maximum absolute atomic E-state index is 8.67. The zero-order chi connectivity index (χ0) is 9.52. The first kappa shape index (κ1) is 9.58. The van der Waals surface area contributed by atoms with E-state index in [0.717, 1.165) is 0 Å². The highest BCUT2D eigenvalue weighted by Crippen LogP contribution is 2.01. The van der Waals surface area contributed by atoms with Gasteiger partial charge in [0.25, 0.3) is 0 Å². The van der Waals surface area contributed by atoms with Crippen LogP contribution in [0, 0.1) is 23.2 Å². The van der Waals surface area contributed by atoms with Gasteiger partial charge in [-0.25, -0.2) is 4.98 Å². The Hall–Kier alpha value is -1.51. The van der Waals surface area contributed by atoms with Gasteiger partial charge in [0.15, 0.2) is 5.69 Å². The van der Waals surface area contributed by atoms with Crippen molar-refractivity contribution in [2.45, 2.75) is 6.42 Å². The van der Waals surface area contributed by atoms with E-state index >= 15 is 0 Å². The van der Waals surface area contributed by atoms with E-state index in [1.54, 1.807) is 18.3 Å². The summed E-state index contributed by atoms with van der Waals surface area (Å²) in [4.78, 5) is 3.88. The number of nitriles is 1. The summed E-state index contributed by atoms with van der Waals surface area (Å²) < 4.78 is 0. The molecule has 0 aliphatic rings. The van der Waals surface area contributed by atoms with Gasteiger partial charge >= 0.3 is 0 Å². The van der Waals surface area contributed by atoms with Gasteiger partial charge in [0.2, 0.25) is 0 Å². The molecule has 0 unspecified atom stereocenters. The van der Waals surface area contributed by atoms with Crippen LogP contribution >= 0.6 is 11.6 Å². The largest absolute Gasteiger partial charge is 0.244 e. The monoisotopic (exact) mass is 190 g/mol. The van der Waals surface area contributed by atoms with Gasteiger partial charge in [-0.05, 0) is 12.1 Å². The molecule has 3 heteroatoms. The highest BCUT2D eigenvalue weighted by atomic mass is 35.5. The quantitative estimate of drug-likeness (QED) is 0.501. The first-order valence-corrected chi connectivity index (χ1v) is 4.32. The molecule has 0 atom stereocenters. The highest BCUT2D eigenvalue weighted by Gasteiger charge is 1.96. The van der Waals surface area contributed by atoms with Crippen molar-refractivity contribution in [2.24, 2.45) is 0 Å². The summed E-state index contributed by atoms with van der Waals surface area (Å²) in [5, 5.41) is 8.67. The van der Waals surface area contributed by atoms with Crippen LogP contribution in [0.25, 0.3) is 0 Å². The molecule has 1 heterocycles. The molecule has 1 aromatic rings. The molecular formula is C10H7ClN2. The Morgan fingerprint density at radius 2 is 2.38 bits per heavy atom. The Bertz CT molecular complexity index is 382. The Morgan fingerprint density at radius 3 is 3.08 bits per heavy atom. The number of aromatic nitrogens is 1. The first-order valence-electron chi connectivity index (χ1n) is 3.78. The minimum atomic E-state index is 0.365. The van der Waals surface area contributed by atoms with Gasteiger partial charge in [0, 0.05) is 18.5 Å². The van der Waals surface area contributed by atoms with E-state index in [2.05, 4.69) is 16.8 Å². The van der Waals surface area contributed by atoms with Gasteiger partial charge < -0.3 is 0 Å². The number of rotatable bonds is 1. The number of nitrogens with zero attached hydrogens (tertiary/aromatic N) is 2. The van der Waals surface area contributed by atoms with Gasteiger partial charge in [0.1, 0.15) is 6.07 Å². The van der Waals surface area contributed by atoms with Crippen LogP contribution in [0.3, 0.4) is 0 Å². The number of alkyl halides is 1. The molecule has 0 saturated carbocycles. The normalized spacial score (nSPS) is 8.31. The summed E-state index contributed by atoms with van der Waals surface area (Å²) >= 11 is 5.46. The molecule has 1 rings (SSSR count). The van der Waals surface area contributed by atoms with E-state index in [1.165, 1.54) is 0 Å². The van der Waals surface area contributed by atoms with Crippen LogP contribution in [0.4, 0.5) is 0 Å². The lowest BCUT2D eigenvalue weighted by molar-refractivity contribution is 1.24. The van der Waals surface area contributed by atoms with Gasteiger partial charge in [0.05, 0.1) is 5.56 Å². The van der Waals surface area contributed by atoms with E-state index in [0.29, 0.717) is 23.6 Å². The zero-order valence-corrected chi connectivity index (χ0v) is 7.67. The molecule has 0 aromatic carbocycles. The van der Waals surface area contributed by atoms with Crippen molar-refractivity contribution < 1.29 is 0 Å². The van der Waals surface area contributed by atoms with E-state index < -0.39 is 0 Å². The predicted molar refractivity (Wildman–Crippen MR) is 51.2 cm³/mol. The van der Waals surface area contributed by atoms with E-state index in [1.807, 2.05) is 6.07 Å². The average Bonchev–Trinajstić information content (AvgIpc) is 2.19. The van der Waals surface area contributed by atoms with Crippen LogP contribution in [0.1, 0.15) is 17.7 Å². The van der Waals surface area contributed by atoms with Crippen LogP contribution in [0.15, 0.2) is 18.3 Å². The minimum absolute atomic E-state index is 0.365. The molecule has 0 spiro atoms. The van der Waals surface area contributed by atoms with Crippen molar-refractivity contribution in [3.8, 4) is 17.9 Å². The SMILES string of the molecule is N#Cc1ncccc1C#CCCCl. The molecule has 0 radical (unpaired) electrons. The zero-order valence-electron chi connectivity index (χ0n) is 6.92. The molecule has 1 aromatic heterocycles. The van der Waals surface area contributed by atoms with Gasteiger partial charge in [-0.15, -0.1) is 11.6 Å². The second-order valence-corrected chi connectivity index (χ2v) is 2.63. The second kappa shape index (κ2) is 5.19. The molecule has 13 heavy (non-hydrogen) atoms. The van der Waals surface area contributed by atoms with Crippen LogP contribution in [0.5, 0.6) is 0 Å². The van der Waals surface area contributed by atoms with E-state index in [4.69, 9.17) is 16.9 Å².